The Morgan fingerprint density at radius 2 is 1.85 bits per heavy atom. The van der Waals surface area contributed by atoms with Crippen LogP contribution in [0.15, 0.2) is 36.4 Å². The number of ether oxygens (including phenoxy) is 3. The highest BCUT2D eigenvalue weighted by Gasteiger charge is 2.59. The third-order valence-corrected chi connectivity index (χ3v) is 3.84. The van der Waals surface area contributed by atoms with Crippen molar-refractivity contribution in [2.75, 3.05) is 14.2 Å². The smallest absolute Gasteiger partial charge is 0.338 e. The maximum Gasteiger partial charge on any atom is 0.338 e. The van der Waals surface area contributed by atoms with Gasteiger partial charge in [0.25, 0.3) is 0 Å². The number of hydrogen-bond donors (Lipinski definition) is 0. The zero-order valence-electron chi connectivity index (χ0n) is 11.7. The van der Waals surface area contributed by atoms with Gasteiger partial charge in [-0.25, -0.2) is 4.79 Å². The van der Waals surface area contributed by atoms with Crippen LogP contribution in [0.4, 0.5) is 0 Å². The van der Waals surface area contributed by atoms with E-state index in [1.54, 1.807) is 7.11 Å². The summed E-state index contributed by atoms with van der Waals surface area (Å²) in [5.74, 6) is 0.494. The van der Waals surface area contributed by atoms with Gasteiger partial charge in [-0.3, -0.25) is 0 Å². The van der Waals surface area contributed by atoms with E-state index in [1.165, 1.54) is 7.11 Å². The zero-order valence-corrected chi connectivity index (χ0v) is 11.7. The van der Waals surface area contributed by atoms with Gasteiger partial charge in [-0.15, -0.1) is 0 Å². The summed E-state index contributed by atoms with van der Waals surface area (Å²) in [4.78, 5) is 11.5. The molecule has 2 aromatic rings. The molecule has 2 atom stereocenters. The maximum absolute atomic E-state index is 11.5. The zero-order chi connectivity index (χ0) is 14.3. The fourth-order valence-corrected chi connectivity index (χ4v) is 2.47. The SMILES string of the molecule is COC(=O)[C@H]1O[C@@]1(C)c1ccc2cc(OC)ccc2c1. The second-order valence-electron chi connectivity index (χ2n) is 5.06. The predicted molar refractivity (Wildman–Crippen MR) is 74.7 cm³/mol. The number of carbonyl (C=O) groups excluding carboxylic acids is 1. The number of hydrogen-bond acceptors (Lipinski definition) is 4. The summed E-state index contributed by atoms with van der Waals surface area (Å²) in [6.07, 6.45) is -0.511. The lowest BCUT2D eigenvalue weighted by atomic mass is 9.95. The molecular weight excluding hydrogens is 256 g/mol. The first kappa shape index (κ1) is 12.9. The van der Waals surface area contributed by atoms with Gasteiger partial charge in [0.05, 0.1) is 14.2 Å². The van der Waals surface area contributed by atoms with Gasteiger partial charge in [-0.2, -0.15) is 0 Å². The Hall–Kier alpha value is -2.07. The summed E-state index contributed by atoms with van der Waals surface area (Å²) in [6.45, 7) is 1.90. The van der Waals surface area contributed by atoms with Gasteiger partial charge >= 0.3 is 5.97 Å². The van der Waals surface area contributed by atoms with Crippen LogP contribution in [-0.4, -0.2) is 26.3 Å². The Morgan fingerprint density at radius 3 is 2.55 bits per heavy atom. The molecule has 0 amide bonds. The lowest BCUT2D eigenvalue weighted by Crippen LogP contribution is -2.17. The highest BCUT2D eigenvalue weighted by atomic mass is 16.6. The molecule has 1 saturated heterocycles. The number of methoxy groups -OCH3 is 2. The van der Waals surface area contributed by atoms with Crippen LogP contribution in [0.1, 0.15) is 12.5 Å². The topological polar surface area (TPSA) is 48.1 Å². The molecule has 1 heterocycles. The van der Waals surface area contributed by atoms with Crippen LogP contribution in [0.25, 0.3) is 10.8 Å². The number of epoxide rings is 1. The summed E-state index contributed by atoms with van der Waals surface area (Å²) in [6, 6.07) is 11.9. The molecule has 0 spiro atoms. The average Bonchev–Trinajstić information content (AvgIpc) is 3.18. The van der Waals surface area contributed by atoms with Crippen LogP contribution >= 0.6 is 0 Å². The van der Waals surface area contributed by atoms with Crippen molar-refractivity contribution < 1.29 is 19.0 Å². The van der Waals surface area contributed by atoms with Gasteiger partial charge in [0.15, 0.2) is 6.10 Å². The van der Waals surface area contributed by atoms with E-state index >= 15 is 0 Å². The molecule has 0 N–H and O–H groups in total. The summed E-state index contributed by atoms with van der Waals surface area (Å²) in [5.41, 5.74) is 0.395. The van der Waals surface area contributed by atoms with Crippen LogP contribution in [-0.2, 0) is 19.9 Å². The minimum Gasteiger partial charge on any atom is -0.497 e. The molecule has 0 bridgehead atoms. The minimum atomic E-state index is -0.582. The van der Waals surface area contributed by atoms with Crippen molar-refractivity contribution in [3.63, 3.8) is 0 Å². The summed E-state index contributed by atoms with van der Waals surface area (Å²) in [7, 11) is 3.02. The second-order valence-corrected chi connectivity index (χ2v) is 5.06. The molecule has 0 saturated carbocycles. The summed E-state index contributed by atoms with van der Waals surface area (Å²) < 4.78 is 15.5. The van der Waals surface area contributed by atoms with Crippen molar-refractivity contribution in [3.05, 3.63) is 42.0 Å². The number of rotatable bonds is 3. The highest BCUT2D eigenvalue weighted by molar-refractivity contribution is 5.86. The molecule has 104 valence electrons. The molecule has 0 radical (unpaired) electrons. The number of carbonyl (C=O) groups is 1. The van der Waals surface area contributed by atoms with E-state index < -0.39 is 11.7 Å². The first-order chi connectivity index (χ1) is 9.58. The monoisotopic (exact) mass is 272 g/mol. The van der Waals surface area contributed by atoms with E-state index in [9.17, 15) is 4.79 Å². The lowest BCUT2D eigenvalue weighted by Gasteiger charge is -2.09. The summed E-state index contributed by atoms with van der Waals surface area (Å²) >= 11 is 0. The third kappa shape index (κ3) is 1.93. The van der Waals surface area contributed by atoms with Crippen molar-refractivity contribution in [2.24, 2.45) is 0 Å². The molecule has 4 nitrogen and oxygen atoms in total. The molecule has 0 unspecified atom stereocenters. The Labute approximate surface area is 117 Å². The predicted octanol–water partition coefficient (Wildman–Crippen LogP) is 2.64. The van der Waals surface area contributed by atoms with Crippen molar-refractivity contribution in [1.29, 1.82) is 0 Å². The molecule has 0 aliphatic carbocycles. The van der Waals surface area contributed by atoms with Crippen LogP contribution in [0.2, 0.25) is 0 Å². The molecule has 1 aliphatic heterocycles. The van der Waals surface area contributed by atoms with E-state index in [0.717, 1.165) is 22.1 Å². The Balaban J connectivity index is 1.96. The largest absolute Gasteiger partial charge is 0.497 e. The van der Waals surface area contributed by atoms with Crippen LogP contribution in [0.3, 0.4) is 0 Å². The van der Waals surface area contributed by atoms with E-state index in [4.69, 9.17) is 14.2 Å². The molecule has 20 heavy (non-hydrogen) atoms. The number of fused-ring (bicyclic) bond motifs is 1. The fraction of sp³-hybridized carbons (Fsp3) is 0.312. The fourth-order valence-electron chi connectivity index (χ4n) is 2.47. The van der Waals surface area contributed by atoms with Crippen LogP contribution < -0.4 is 4.74 Å². The molecule has 1 aliphatic rings. The van der Waals surface area contributed by atoms with Gasteiger partial charge in [0, 0.05) is 0 Å². The lowest BCUT2D eigenvalue weighted by molar-refractivity contribution is -0.142. The Bertz CT molecular complexity index is 679. The van der Waals surface area contributed by atoms with Gasteiger partial charge in [-0.1, -0.05) is 18.2 Å². The third-order valence-electron chi connectivity index (χ3n) is 3.84. The van der Waals surface area contributed by atoms with Crippen LogP contribution in [0, 0.1) is 0 Å². The van der Waals surface area contributed by atoms with E-state index in [0.29, 0.717) is 0 Å². The Kier molecular flexibility index (Phi) is 2.91. The number of esters is 1. The first-order valence-electron chi connectivity index (χ1n) is 6.42. The Morgan fingerprint density at radius 1 is 1.15 bits per heavy atom. The minimum absolute atomic E-state index is 0.331. The maximum atomic E-state index is 11.5. The molecule has 2 aromatic carbocycles. The average molecular weight is 272 g/mol. The number of benzene rings is 2. The van der Waals surface area contributed by atoms with Gasteiger partial charge in [0.2, 0.25) is 0 Å². The second kappa shape index (κ2) is 4.49. The van der Waals surface area contributed by atoms with Crippen molar-refractivity contribution >= 4 is 16.7 Å². The van der Waals surface area contributed by atoms with Crippen molar-refractivity contribution in [2.45, 2.75) is 18.6 Å². The molecule has 3 rings (SSSR count). The first-order valence-corrected chi connectivity index (χ1v) is 6.42. The standard InChI is InChI=1S/C16H16O4/c1-16(14(20-16)15(17)19-3)12-6-4-11-9-13(18-2)7-5-10(11)8-12/h4-9,14H,1-3H3/t14-,16+/m1/s1. The molecule has 0 aromatic heterocycles. The molecule has 1 fully saturated rings. The van der Waals surface area contributed by atoms with Gasteiger partial charge in [0.1, 0.15) is 11.4 Å². The van der Waals surface area contributed by atoms with Crippen molar-refractivity contribution in [3.8, 4) is 5.75 Å². The van der Waals surface area contributed by atoms with Gasteiger partial charge in [-0.05, 0) is 41.5 Å². The summed E-state index contributed by atoms with van der Waals surface area (Å²) in [5, 5.41) is 2.18. The quantitative estimate of drug-likeness (QED) is 0.636. The molecule has 4 heteroatoms. The van der Waals surface area contributed by atoms with E-state index in [-0.39, 0.29) is 5.97 Å². The van der Waals surface area contributed by atoms with Crippen molar-refractivity contribution in [1.82, 2.24) is 0 Å². The van der Waals surface area contributed by atoms with Crippen LogP contribution in [0.5, 0.6) is 5.75 Å². The van der Waals surface area contributed by atoms with Gasteiger partial charge < -0.3 is 14.2 Å². The van der Waals surface area contributed by atoms with E-state index in [1.807, 2.05) is 43.3 Å². The van der Waals surface area contributed by atoms with E-state index in [2.05, 4.69) is 0 Å². The molecular formula is C16H16O4. The normalized spacial score (nSPS) is 24.4. The highest BCUT2D eigenvalue weighted by Crippen LogP contribution is 2.47.